The fraction of sp³-hybridized carbons (Fsp3) is 0. The smallest absolute Gasteiger partial charge is 0.259 e. The maximum atomic E-state index is 13.6. The van der Waals surface area contributed by atoms with Gasteiger partial charge in [0.2, 0.25) is 0 Å². The molecule has 0 aliphatic rings. The van der Waals surface area contributed by atoms with E-state index in [0.717, 1.165) is 0 Å². The van der Waals surface area contributed by atoms with Gasteiger partial charge in [0.05, 0.1) is 10.6 Å². The Bertz CT molecular complexity index is 606. The van der Waals surface area contributed by atoms with Crippen molar-refractivity contribution in [3.05, 3.63) is 57.4 Å². The molecule has 0 atom stereocenters. The maximum absolute atomic E-state index is 13.6. The van der Waals surface area contributed by atoms with Crippen molar-refractivity contribution >= 4 is 39.3 Å². The molecule has 0 saturated carbocycles. The van der Waals surface area contributed by atoms with Crippen LogP contribution in [0.2, 0.25) is 5.02 Å². The van der Waals surface area contributed by atoms with Gasteiger partial charge in [-0.15, -0.1) is 0 Å². The van der Waals surface area contributed by atoms with E-state index in [4.69, 9.17) is 11.6 Å². The van der Waals surface area contributed by atoms with E-state index in [9.17, 15) is 9.18 Å². The minimum absolute atomic E-state index is 0.0695. The lowest BCUT2D eigenvalue weighted by molar-refractivity contribution is 0.102. The van der Waals surface area contributed by atoms with Crippen molar-refractivity contribution in [3.63, 3.8) is 0 Å². The van der Waals surface area contributed by atoms with E-state index in [0.29, 0.717) is 9.50 Å². The summed E-state index contributed by atoms with van der Waals surface area (Å²) in [4.78, 5) is 15.7. The molecule has 0 fully saturated rings. The lowest BCUT2D eigenvalue weighted by atomic mass is 10.2. The molecular formula is C12H7BrClFN2O. The van der Waals surface area contributed by atoms with Crippen LogP contribution < -0.4 is 5.32 Å². The molecule has 1 N–H and O–H groups in total. The highest BCUT2D eigenvalue weighted by Crippen LogP contribution is 2.20. The molecule has 0 spiro atoms. The minimum atomic E-state index is -0.617. The molecule has 1 aromatic heterocycles. The lowest BCUT2D eigenvalue weighted by Gasteiger charge is -2.06. The summed E-state index contributed by atoms with van der Waals surface area (Å²) in [5.74, 6) is -1.01. The highest BCUT2D eigenvalue weighted by molar-refractivity contribution is 9.10. The van der Waals surface area contributed by atoms with Gasteiger partial charge in [-0.05, 0) is 30.3 Å². The Balaban J connectivity index is 2.25. The number of aromatic nitrogens is 1. The van der Waals surface area contributed by atoms with Gasteiger partial charge in [0, 0.05) is 10.7 Å². The molecule has 92 valence electrons. The van der Waals surface area contributed by atoms with Gasteiger partial charge in [0.15, 0.2) is 5.82 Å². The molecule has 1 aromatic carbocycles. The number of hydrogen-bond donors (Lipinski definition) is 1. The summed E-state index contributed by atoms with van der Waals surface area (Å²) in [5.41, 5.74) is -0.0695. The van der Waals surface area contributed by atoms with Gasteiger partial charge in [-0.3, -0.25) is 4.79 Å². The zero-order chi connectivity index (χ0) is 13.1. The van der Waals surface area contributed by atoms with Gasteiger partial charge in [-0.1, -0.05) is 27.5 Å². The second-order valence-corrected chi connectivity index (χ2v) is 4.73. The highest BCUT2D eigenvalue weighted by Gasteiger charge is 2.13. The van der Waals surface area contributed by atoms with Crippen molar-refractivity contribution in [3.8, 4) is 0 Å². The van der Waals surface area contributed by atoms with Gasteiger partial charge in [-0.2, -0.15) is 0 Å². The number of pyridine rings is 1. The van der Waals surface area contributed by atoms with E-state index >= 15 is 0 Å². The van der Waals surface area contributed by atoms with Crippen LogP contribution in [0.1, 0.15) is 10.4 Å². The molecule has 1 amide bonds. The maximum Gasteiger partial charge on any atom is 0.259 e. The fourth-order valence-electron chi connectivity index (χ4n) is 1.33. The average Bonchev–Trinajstić information content (AvgIpc) is 2.32. The largest absolute Gasteiger partial charge is 0.305 e. The first-order chi connectivity index (χ1) is 8.58. The molecule has 2 aromatic rings. The van der Waals surface area contributed by atoms with Crippen LogP contribution in [0, 0.1) is 5.82 Å². The number of nitrogens with zero attached hydrogens (tertiary/aromatic N) is 1. The fourth-order valence-corrected chi connectivity index (χ4v) is 1.83. The molecule has 0 radical (unpaired) electrons. The quantitative estimate of drug-likeness (QED) is 0.908. The van der Waals surface area contributed by atoms with Crippen molar-refractivity contribution in [1.82, 2.24) is 4.98 Å². The lowest BCUT2D eigenvalue weighted by Crippen LogP contribution is -2.14. The van der Waals surface area contributed by atoms with Crippen LogP contribution in [-0.2, 0) is 0 Å². The van der Waals surface area contributed by atoms with Crippen LogP contribution in [0.5, 0.6) is 0 Å². The third-order valence-corrected chi connectivity index (χ3v) is 2.96. The molecule has 2 rings (SSSR count). The molecule has 6 heteroatoms. The second kappa shape index (κ2) is 5.46. The number of hydrogen-bond acceptors (Lipinski definition) is 2. The Morgan fingerprint density at radius 1 is 1.39 bits per heavy atom. The molecule has 0 saturated heterocycles. The van der Waals surface area contributed by atoms with Gasteiger partial charge >= 0.3 is 0 Å². The molecule has 0 unspecified atom stereocenters. The van der Waals surface area contributed by atoms with Crippen molar-refractivity contribution in [2.45, 2.75) is 0 Å². The van der Waals surface area contributed by atoms with Gasteiger partial charge in [0.1, 0.15) is 5.82 Å². The minimum Gasteiger partial charge on any atom is -0.305 e. The third kappa shape index (κ3) is 2.86. The van der Waals surface area contributed by atoms with Crippen LogP contribution in [-0.4, -0.2) is 10.9 Å². The van der Waals surface area contributed by atoms with Crippen molar-refractivity contribution < 1.29 is 9.18 Å². The SMILES string of the molecule is O=C(Nc1ncccc1Cl)c1ccc(Br)cc1F. The van der Waals surface area contributed by atoms with Crippen LogP contribution in [0.4, 0.5) is 10.2 Å². The van der Waals surface area contributed by atoms with Crippen LogP contribution in [0.15, 0.2) is 41.0 Å². The van der Waals surface area contributed by atoms with Crippen molar-refractivity contribution in [1.29, 1.82) is 0 Å². The first-order valence-electron chi connectivity index (χ1n) is 4.95. The van der Waals surface area contributed by atoms with Crippen LogP contribution in [0.25, 0.3) is 0 Å². The third-order valence-electron chi connectivity index (χ3n) is 2.17. The molecule has 0 bridgehead atoms. The number of nitrogens with one attached hydrogen (secondary N) is 1. The Labute approximate surface area is 116 Å². The Morgan fingerprint density at radius 2 is 2.17 bits per heavy atom. The van der Waals surface area contributed by atoms with E-state index in [1.54, 1.807) is 18.2 Å². The number of benzene rings is 1. The Kier molecular flexibility index (Phi) is 3.93. The summed E-state index contributed by atoms with van der Waals surface area (Å²) < 4.78 is 14.1. The Hall–Kier alpha value is -1.46. The second-order valence-electron chi connectivity index (χ2n) is 3.41. The summed E-state index contributed by atoms with van der Waals surface area (Å²) >= 11 is 8.96. The molecule has 18 heavy (non-hydrogen) atoms. The summed E-state index contributed by atoms with van der Waals surface area (Å²) in [6, 6.07) is 7.40. The zero-order valence-corrected chi connectivity index (χ0v) is 11.3. The predicted molar refractivity (Wildman–Crippen MR) is 71.3 cm³/mol. The van der Waals surface area contributed by atoms with E-state index in [1.165, 1.54) is 18.3 Å². The number of anilines is 1. The number of halogens is 3. The molecule has 0 aliphatic carbocycles. The summed E-state index contributed by atoms with van der Waals surface area (Å²) in [5, 5.41) is 2.74. The average molecular weight is 330 g/mol. The number of rotatable bonds is 2. The van der Waals surface area contributed by atoms with Gasteiger partial charge in [0.25, 0.3) is 5.91 Å². The standard InChI is InChI=1S/C12H7BrClFN2O/c13-7-3-4-8(10(15)6-7)12(18)17-11-9(14)2-1-5-16-11/h1-6H,(H,16,17,18). The summed E-state index contributed by atoms with van der Waals surface area (Å²) in [6.07, 6.45) is 1.49. The van der Waals surface area contributed by atoms with Crippen molar-refractivity contribution in [2.75, 3.05) is 5.32 Å². The highest BCUT2D eigenvalue weighted by atomic mass is 79.9. The van der Waals surface area contributed by atoms with Crippen LogP contribution >= 0.6 is 27.5 Å². The summed E-state index contributed by atoms with van der Waals surface area (Å²) in [6.45, 7) is 0. The molecule has 3 nitrogen and oxygen atoms in total. The first kappa shape index (κ1) is 13.0. The number of carbonyl (C=O) groups excluding carboxylic acids is 1. The van der Waals surface area contributed by atoms with E-state index in [2.05, 4.69) is 26.2 Å². The van der Waals surface area contributed by atoms with E-state index in [-0.39, 0.29) is 11.4 Å². The van der Waals surface area contributed by atoms with E-state index < -0.39 is 11.7 Å². The topological polar surface area (TPSA) is 42.0 Å². The summed E-state index contributed by atoms with van der Waals surface area (Å²) in [7, 11) is 0. The zero-order valence-electron chi connectivity index (χ0n) is 8.95. The molecule has 1 heterocycles. The monoisotopic (exact) mass is 328 g/mol. The number of amides is 1. The van der Waals surface area contributed by atoms with Gasteiger partial charge < -0.3 is 5.32 Å². The first-order valence-corrected chi connectivity index (χ1v) is 6.12. The predicted octanol–water partition coefficient (Wildman–Crippen LogP) is 3.89. The molecular weight excluding hydrogens is 322 g/mol. The van der Waals surface area contributed by atoms with Crippen LogP contribution in [0.3, 0.4) is 0 Å². The normalized spacial score (nSPS) is 10.2. The van der Waals surface area contributed by atoms with E-state index in [1.807, 2.05) is 0 Å². The van der Waals surface area contributed by atoms with Gasteiger partial charge in [-0.25, -0.2) is 9.37 Å². The van der Waals surface area contributed by atoms with Crippen molar-refractivity contribution in [2.24, 2.45) is 0 Å². The Morgan fingerprint density at radius 3 is 2.83 bits per heavy atom. The molecule has 0 aliphatic heterocycles. The number of carbonyl (C=O) groups is 1.